The summed E-state index contributed by atoms with van der Waals surface area (Å²) in [4.78, 5) is 0.254. The molecule has 0 heterocycles. The van der Waals surface area contributed by atoms with E-state index in [9.17, 15) is 8.42 Å². The number of sulfonamides is 1. The lowest BCUT2D eigenvalue weighted by Gasteiger charge is -2.17. The van der Waals surface area contributed by atoms with Crippen LogP contribution in [0.5, 0.6) is 0 Å². The Hall–Kier alpha value is -1.23. The summed E-state index contributed by atoms with van der Waals surface area (Å²) in [5, 5.41) is 0.735. The monoisotopic (exact) mass is 355 g/mol. The van der Waals surface area contributed by atoms with Gasteiger partial charge in [0, 0.05) is 5.02 Å². The normalized spacial score (nSPS) is 14.5. The van der Waals surface area contributed by atoms with E-state index in [2.05, 4.69) is 4.72 Å². The Morgan fingerprint density at radius 2 is 1.64 bits per heavy atom. The average molecular weight is 356 g/mol. The average Bonchev–Trinajstić information content (AvgIpc) is 2.50. The van der Waals surface area contributed by atoms with Crippen molar-refractivity contribution in [3.05, 3.63) is 57.6 Å². The van der Waals surface area contributed by atoms with E-state index in [1.54, 1.807) is 24.3 Å². The van der Waals surface area contributed by atoms with Crippen molar-refractivity contribution in [2.45, 2.75) is 30.6 Å². The summed E-state index contributed by atoms with van der Waals surface area (Å²) in [5.74, 6) is 0. The van der Waals surface area contributed by atoms with Gasteiger partial charge < -0.3 is 0 Å². The quantitative estimate of drug-likeness (QED) is 0.869. The van der Waals surface area contributed by atoms with E-state index in [0.29, 0.717) is 10.0 Å². The maximum atomic E-state index is 12.5. The van der Waals surface area contributed by atoms with E-state index in [1.807, 2.05) is 6.07 Å². The second-order valence-corrected chi connectivity index (χ2v) is 7.89. The molecule has 0 amide bonds. The lowest BCUT2D eigenvalue weighted by molar-refractivity contribution is 0.600. The highest BCUT2D eigenvalue weighted by molar-refractivity contribution is 7.92. The van der Waals surface area contributed by atoms with Crippen LogP contribution in [0.1, 0.15) is 24.0 Å². The first-order chi connectivity index (χ1) is 10.5. The Balaban J connectivity index is 1.94. The number of hydrogen-bond acceptors (Lipinski definition) is 2. The van der Waals surface area contributed by atoms with Crippen LogP contribution in [0.3, 0.4) is 0 Å². The molecule has 0 aliphatic heterocycles. The van der Waals surface area contributed by atoms with E-state index < -0.39 is 10.0 Å². The lowest BCUT2D eigenvalue weighted by Crippen LogP contribution is -2.14. The third-order valence-corrected chi connectivity index (χ3v) is 5.73. The van der Waals surface area contributed by atoms with Crippen molar-refractivity contribution in [3.8, 4) is 0 Å². The molecule has 0 aromatic heterocycles. The van der Waals surface area contributed by atoms with Gasteiger partial charge >= 0.3 is 0 Å². The zero-order valence-corrected chi connectivity index (χ0v) is 14.1. The van der Waals surface area contributed by atoms with Crippen molar-refractivity contribution in [2.75, 3.05) is 4.72 Å². The number of hydrogen-bond donors (Lipinski definition) is 1. The third-order valence-electron chi connectivity index (χ3n) is 3.80. The summed E-state index contributed by atoms with van der Waals surface area (Å²) in [7, 11) is -3.68. The molecule has 3 rings (SSSR count). The van der Waals surface area contributed by atoms with Gasteiger partial charge in [-0.25, -0.2) is 8.42 Å². The fourth-order valence-corrected chi connectivity index (χ4v) is 4.17. The van der Waals surface area contributed by atoms with Crippen LogP contribution in [-0.2, 0) is 22.9 Å². The number of nitrogens with one attached hydrogen (secondary N) is 1. The molecule has 0 radical (unpaired) electrons. The highest BCUT2D eigenvalue weighted by Crippen LogP contribution is 2.29. The number of anilines is 1. The summed E-state index contributed by atoms with van der Waals surface area (Å²) in [5.41, 5.74) is 2.64. The van der Waals surface area contributed by atoms with Crippen molar-refractivity contribution in [2.24, 2.45) is 0 Å². The van der Waals surface area contributed by atoms with E-state index in [4.69, 9.17) is 23.2 Å². The molecule has 1 aliphatic rings. The van der Waals surface area contributed by atoms with E-state index in [0.717, 1.165) is 31.2 Å². The van der Waals surface area contributed by atoms with Crippen molar-refractivity contribution in [1.29, 1.82) is 0 Å². The summed E-state index contributed by atoms with van der Waals surface area (Å²) in [6, 6.07) is 9.98. The van der Waals surface area contributed by atoms with E-state index >= 15 is 0 Å². The van der Waals surface area contributed by atoms with Crippen LogP contribution in [0.2, 0.25) is 10.0 Å². The molecule has 1 aliphatic carbocycles. The molecule has 1 N–H and O–H groups in total. The van der Waals surface area contributed by atoms with Crippen LogP contribution in [0, 0.1) is 0 Å². The fraction of sp³-hybridized carbons (Fsp3) is 0.250. The van der Waals surface area contributed by atoms with Gasteiger partial charge in [-0.05, 0) is 67.1 Å². The molecule has 0 saturated carbocycles. The van der Waals surface area contributed by atoms with Crippen LogP contribution >= 0.6 is 23.2 Å². The zero-order valence-electron chi connectivity index (χ0n) is 11.8. The summed E-state index contributed by atoms with van der Waals surface area (Å²) < 4.78 is 27.6. The van der Waals surface area contributed by atoms with Gasteiger partial charge in [0.25, 0.3) is 10.0 Å². The van der Waals surface area contributed by atoms with Crippen LogP contribution in [0.25, 0.3) is 0 Å². The summed E-state index contributed by atoms with van der Waals surface area (Å²) >= 11 is 11.9. The number of rotatable bonds is 3. The standard InChI is InChI=1S/C16H15Cl2NO2S/c17-13-6-8-15(18)16(10-13)19-22(20,21)14-7-5-11-3-1-2-4-12(11)9-14/h5-10,19H,1-4H2. The van der Waals surface area contributed by atoms with E-state index in [1.165, 1.54) is 11.6 Å². The molecule has 0 saturated heterocycles. The van der Waals surface area contributed by atoms with Gasteiger partial charge in [-0.15, -0.1) is 0 Å². The maximum absolute atomic E-state index is 12.5. The first-order valence-electron chi connectivity index (χ1n) is 7.05. The molecular weight excluding hydrogens is 341 g/mol. The molecular formula is C16H15Cl2NO2S. The van der Waals surface area contributed by atoms with Gasteiger partial charge in [-0.1, -0.05) is 29.3 Å². The smallest absolute Gasteiger partial charge is 0.261 e. The number of fused-ring (bicyclic) bond motifs is 1. The Morgan fingerprint density at radius 1 is 0.909 bits per heavy atom. The topological polar surface area (TPSA) is 46.2 Å². The van der Waals surface area contributed by atoms with Gasteiger partial charge in [0.1, 0.15) is 0 Å². The third kappa shape index (κ3) is 3.24. The largest absolute Gasteiger partial charge is 0.278 e. The van der Waals surface area contributed by atoms with Crippen molar-refractivity contribution < 1.29 is 8.42 Å². The molecule has 6 heteroatoms. The Morgan fingerprint density at radius 3 is 2.41 bits per heavy atom. The molecule has 0 fully saturated rings. The van der Waals surface area contributed by atoms with Crippen molar-refractivity contribution in [1.82, 2.24) is 0 Å². The van der Waals surface area contributed by atoms with Gasteiger partial charge in [0.2, 0.25) is 0 Å². The lowest BCUT2D eigenvalue weighted by atomic mass is 9.92. The van der Waals surface area contributed by atoms with E-state index in [-0.39, 0.29) is 10.6 Å². The van der Waals surface area contributed by atoms with Gasteiger partial charge in [-0.2, -0.15) is 0 Å². The molecule has 22 heavy (non-hydrogen) atoms. The van der Waals surface area contributed by atoms with Crippen LogP contribution in [0.15, 0.2) is 41.3 Å². The van der Waals surface area contributed by atoms with Gasteiger partial charge in [-0.3, -0.25) is 4.72 Å². The second-order valence-electron chi connectivity index (χ2n) is 5.37. The van der Waals surface area contributed by atoms with Gasteiger partial charge in [0.05, 0.1) is 15.6 Å². The molecule has 0 unspecified atom stereocenters. The molecule has 0 atom stereocenters. The highest BCUT2D eigenvalue weighted by Gasteiger charge is 2.19. The summed E-state index contributed by atoms with van der Waals surface area (Å²) in [6.07, 6.45) is 4.21. The number of halogens is 2. The van der Waals surface area contributed by atoms with Crippen LogP contribution < -0.4 is 4.72 Å². The minimum Gasteiger partial charge on any atom is -0.278 e. The molecule has 3 nitrogen and oxygen atoms in total. The Labute approximate surface area is 140 Å². The molecule has 0 bridgehead atoms. The van der Waals surface area contributed by atoms with Crippen LogP contribution in [0.4, 0.5) is 5.69 Å². The minimum atomic E-state index is -3.68. The minimum absolute atomic E-state index is 0.254. The second kappa shape index (κ2) is 6.11. The zero-order chi connectivity index (χ0) is 15.7. The van der Waals surface area contributed by atoms with Crippen molar-refractivity contribution >= 4 is 38.9 Å². The SMILES string of the molecule is O=S(=O)(Nc1cc(Cl)ccc1Cl)c1ccc2c(c1)CCCC2. The predicted octanol–water partition coefficient (Wildman–Crippen LogP) is 4.67. The van der Waals surface area contributed by atoms with Crippen LogP contribution in [-0.4, -0.2) is 8.42 Å². The number of benzene rings is 2. The molecule has 2 aromatic carbocycles. The Kier molecular flexibility index (Phi) is 4.35. The fourth-order valence-electron chi connectivity index (χ4n) is 2.66. The predicted molar refractivity (Wildman–Crippen MR) is 90.4 cm³/mol. The number of aryl methyl sites for hydroxylation is 2. The highest BCUT2D eigenvalue weighted by atomic mass is 35.5. The first kappa shape index (κ1) is 15.7. The summed E-state index contributed by atoms with van der Waals surface area (Å²) in [6.45, 7) is 0. The molecule has 2 aromatic rings. The van der Waals surface area contributed by atoms with Crippen molar-refractivity contribution in [3.63, 3.8) is 0 Å². The molecule has 0 spiro atoms. The first-order valence-corrected chi connectivity index (χ1v) is 9.29. The Bertz CT molecular complexity index is 819. The van der Waals surface area contributed by atoms with Gasteiger partial charge in [0.15, 0.2) is 0 Å². The maximum Gasteiger partial charge on any atom is 0.261 e. The molecule has 116 valence electrons.